The predicted octanol–water partition coefficient (Wildman–Crippen LogP) is -2.39. The number of aliphatic hydroxyl groups is 3. The van der Waals surface area contributed by atoms with E-state index < -0.39 is 36.7 Å². The van der Waals surface area contributed by atoms with Crippen molar-refractivity contribution in [1.82, 2.24) is 0 Å². The highest BCUT2D eigenvalue weighted by molar-refractivity contribution is 5.75. The molecule has 0 aromatic heterocycles. The summed E-state index contributed by atoms with van der Waals surface area (Å²) in [6, 6.07) is 0. The fraction of sp³-hybridized carbons (Fsp3) is 0.875. The van der Waals surface area contributed by atoms with Gasteiger partial charge in [0.2, 0.25) is 0 Å². The van der Waals surface area contributed by atoms with Gasteiger partial charge in [-0.3, -0.25) is 0 Å². The van der Waals surface area contributed by atoms with Crippen LogP contribution >= 0.6 is 0 Å². The standard InChI is InChI=1S/C8H14O7/c1-13-7(12)6-4(10)3(9)5(11)8(14-2)15-6/h3-6,8-11H,1-2H3/t3-,4-,5+,6-,8+/m0/s1. The maximum Gasteiger partial charge on any atom is 0.337 e. The lowest BCUT2D eigenvalue weighted by Gasteiger charge is -2.38. The predicted molar refractivity (Wildman–Crippen MR) is 45.7 cm³/mol. The molecule has 1 fully saturated rings. The van der Waals surface area contributed by atoms with E-state index in [9.17, 15) is 20.1 Å². The highest BCUT2D eigenvalue weighted by Crippen LogP contribution is 2.22. The van der Waals surface area contributed by atoms with E-state index in [1.165, 1.54) is 7.11 Å². The van der Waals surface area contributed by atoms with Crippen LogP contribution < -0.4 is 0 Å². The summed E-state index contributed by atoms with van der Waals surface area (Å²) in [5, 5.41) is 28.2. The quantitative estimate of drug-likeness (QED) is 0.448. The Labute approximate surface area is 86.2 Å². The largest absolute Gasteiger partial charge is 0.467 e. The number of esters is 1. The van der Waals surface area contributed by atoms with E-state index in [-0.39, 0.29) is 0 Å². The van der Waals surface area contributed by atoms with E-state index in [0.29, 0.717) is 0 Å². The lowest BCUT2D eigenvalue weighted by atomic mass is 9.99. The molecule has 7 nitrogen and oxygen atoms in total. The van der Waals surface area contributed by atoms with Gasteiger partial charge in [0.05, 0.1) is 7.11 Å². The van der Waals surface area contributed by atoms with Crippen LogP contribution in [-0.2, 0) is 19.0 Å². The van der Waals surface area contributed by atoms with Gasteiger partial charge in [-0.2, -0.15) is 0 Å². The molecule has 0 unspecified atom stereocenters. The van der Waals surface area contributed by atoms with Crippen LogP contribution in [0.4, 0.5) is 0 Å². The highest BCUT2D eigenvalue weighted by Gasteiger charge is 2.47. The van der Waals surface area contributed by atoms with Crippen LogP contribution in [-0.4, -0.2) is 66.2 Å². The lowest BCUT2D eigenvalue weighted by Crippen LogP contribution is -2.60. The third kappa shape index (κ3) is 2.27. The van der Waals surface area contributed by atoms with Gasteiger partial charge in [-0.25, -0.2) is 4.79 Å². The van der Waals surface area contributed by atoms with E-state index in [4.69, 9.17) is 9.47 Å². The Balaban J connectivity index is 2.78. The van der Waals surface area contributed by atoms with Gasteiger partial charge in [0, 0.05) is 7.11 Å². The van der Waals surface area contributed by atoms with E-state index in [2.05, 4.69) is 4.74 Å². The van der Waals surface area contributed by atoms with Gasteiger partial charge >= 0.3 is 5.97 Å². The van der Waals surface area contributed by atoms with Crippen molar-refractivity contribution in [2.45, 2.75) is 30.7 Å². The summed E-state index contributed by atoms with van der Waals surface area (Å²) in [7, 11) is 2.37. The molecule has 1 saturated heterocycles. The minimum absolute atomic E-state index is 0.837. The number of aliphatic hydroxyl groups excluding tert-OH is 3. The molecule has 0 aromatic rings. The topological polar surface area (TPSA) is 105 Å². The molecule has 3 N–H and O–H groups in total. The fourth-order valence-electron chi connectivity index (χ4n) is 1.35. The van der Waals surface area contributed by atoms with Gasteiger partial charge in [-0.05, 0) is 0 Å². The molecule has 1 rings (SSSR count). The van der Waals surface area contributed by atoms with Gasteiger partial charge in [0.25, 0.3) is 0 Å². The van der Waals surface area contributed by atoms with Crippen molar-refractivity contribution >= 4 is 5.97 Å². The number of carbonyl (C=O) groups is 1. The second kappa shape index (κ2) is 4.86. The first-order valence-corrected chi connectivity index (χ1v) is 4.33. The summed E-state index contributed by atoms with van der Waals surface area (Å²) in [5.41, 5.74) is 0. The summed E-state index contributed by atoms with van der Waals surface area (Å²) in [5.74, 6) is -0.837. The number of methoxy groups -OCH3 is 2. The monoisotopic (exact) mass is 222 g/mol. The van der Waals surface area contributed by atoms with Crippen molar-refractivity contribution in [3.63, 3.8) is 0 Å². The molecule has 7 heteroatoms. The first-order valence-electron chi connectivity index (χ1n) is 4.33. The van der Waals surface area contributed by atoms with E-state index in [1.807, 2.05) is 0 Å². The zero-order valence-corrected chi connectivity index (χ0v) is 8.36. The number of ether oxygens (including phenoxy) is 3. The van der Waals surface area contributed by atoms with Crippen LogP contribution in [0.1, 0.15) is 0 Å². The Bertz CT molecular complexity index is 229. The smallest absolute Gasteiger partial charge is 0.337 e. The minimum Gasteiger partial charge on any atom is -0.467 e. The molecule has 0 radical (unpaired) electrons. The minimum atomic E-state index is -1.54. The number of hydrogen-bond acceptors (Lipinski definition) is 7. The van der Waals surface area contributed by atoms with Gasteiger partial charge in [0.1, 0.15) is 18.3 Å². The molecule has 1 aliphatic heterocycles. The van der Waals surface area contributed by atoms with Crippen LogP contribution in [0, 0.1) is 0 Å². The molecule has 5 atom stereocenters. The second-order valence-electron chi connectivity index (χ2n) is 3.16. The molecule has 0 aliphatic carbocycles. The van der Waals surface area contributed by atoms with Crippen LogP contribution in [0.25, 0.3) is 0 Å². The maximum atomic E-state index is 11.1. The highest BCUT2D eigenvalue weighted by atomic mass is 16.7. The van der Waals surface area contributed by atoms with E-state index >= 15 is 0 Å². The van der Waals surface area contributed by atoms with Crippen molar-refractivity contribution in [1.29, 1.82) is 0 Å². The zero-order chi connectivity index (χ0) is 11.6. The van der Waals surface area contributed by atoms with E-state index in [0.717, 1.165) is 7.11 Å². The summed E-state index contributed by atoms with van der Waals surface area (Å²) in [6.45, 7) is 0. The molecule has 1 heterocycles. The Kier molecular flexibility index (Phi) is 4.00. The first kappa shape index (κ1) is 12.3. The Morgan fingerprint density at radius 1 is 1.13 bits per heavy atom. The summed E-state index contributed by atoms with van der Waals surface area (Å²) < 4.78 is 14.0. The third-order valence-electron chi connectivity index (χ3n) is 2.24. The molecule has 0 amide bonds. The van der Waals surface area contributed by atoms with Crippen molar-refractivity contribution in [3.8, 4) is 0 Å². The molecule has 15 heavy (non-hydrogen) atoms. The number of rotatable bonds is 2. The average molecular weight is 222 g/mol. The van der Waals surface area contributed by atoms with Crippen molar-refractivity contribution in [2.24, 2.45) is 0 Å². The van der Waals surface area contributed by atoms with Gasteiger partial charge < -0.3 is 29.5 Å². The fourth-order valence-corrected chi connectivity index (χ4v) is 1.35. The van der Waals surface area contributed by atoms with Gasteiger partial charge in [-0.1, -0.05) is 0 Å². The van der Waals surface area contributed by atoms with Crippen molar-refractivity contribution < 1.29 is 34.3 Å². The van der Waals surface area contributed by atoms with Crippen molar-refractivity contribution in [3.05, 3.63) is 0 Å². The summed E-state index contributed by atoms with van der Waals surface area (Å²) >= 11 is 0. The number of carbonyl (C=O) groups excluding carboxylic acids is 1. The average Bonchev–Trinajstić information content (AvgIpc) is 2.25. The second-order valence-corrected chi connectivity index (χ2v) is 3.16. The molecule has 0 saturated carbocycles. The van der Waals surface area contributed by atoms with E-state index in [1.54, 1.807) is 0 Å². The van der Waals surface area contributed by atoms with Crippen LogP contribution in [0.15, 0.2) is 0 Å². The molecule has 0 aromatic carbocycles. The Morgan fingerprint density at radius 2 is 1.73 bits per heavy atom. The van der Waals surface area contributed by atoms with Gasteiger partial charge in [-0.15, -0.1) is 0 Å². The third-order valence-corrected chi connectivity index (χ3v) is 2.24. The molecule has 0 spiro atoms. The lowest BCUT2D eigenvalue weighted by molar-refractivity contribution is -0.288. The van der Waals surface area contributed by atoms with Crippen molar-refractivity contribution in [2.75, 3.05) is 14.2 Å². The zero-order valence-electron chi connectivity index (χ0n) is 8.36. The SMILES string of the molecule is COC(=O)[C@H]1O[C@@H](OC)[C@H](O)[C@@H](O)[C@@H]1O. The molecular weight excluding hydrogens is 208 g/mol. The molecule has 0 bridgehead atoms. The Hall–Kier alpha value is -0.730. The molecule has 1 aliphatic rings. The number of hydrogen-bond donors (Lipinski definition) is 3. The van der Waals surface area contributed by atoms with Crippen LogP contribution in [0.2, 0.25) is 0 Å². The summed E-state index contributed by atoms with van der Waals surface area (Å²) in [6.07, 6.45) is -7.01. The normalized spacial score (nSPS) is 41.3. The van der Waals surface area contributed by atoms with Crippen LogP contribution in [0.5, 0.6) is 0 Å². The molecular formula is C8H14O7. The van der Waals surface area contributed by atoms with Gasteiger partial charge in [0.15, 0.2) is 12.4 Å². The van der Waals surface area contributed by atoms with Crippen LogP contribution in [0.3, 0.4) is 0 Å². The molecule has 88 valence electrons. The maximum absolute atomic E-state index is 11.1. The first-order chi connectivity index (χ1) is 7.02. The Morgan fingerprint density at radius 3 is 2.20 bits per heavy atom. The summed E-state index contributed by atoms with van der Waals surface area (Å²) in [4.78, 5) is 11.1.